The van der Waals surface area contributed by atoms with E-state index in [0.717, 1.165) is 18.7 Å². The van der Waals surface area contributed by atoms with E-state index in [0.29, 0.717) is 10.7 Å². The third-order valence-electron chi connectivity index (χ3n) is 3.23. The summed E-state index contributed by atoms with van der Waals surface area (Å²) in [6, 6.07) is 10.5. The molecule has 0 bridgehead atoms. The van der Waals surface area contributed by atoms with Crippen LogP contribution in [0.1, 0.15) is 0 Å². The van der Waals surface area contributed by atoms with E-state index in [1.807, 2.05) is 24.3 Å². The molecule has 8 heteroatoms. The van der Waals surface area contributed by atoms with Gasteiger partial charge in [0.15, 0.2) is 0 Å². The third-order valence-corrected chi connectivity index (χ3v) is 6.41. The van der Waals surface area contributed by atoms with Crippen LogP contribution in [0.5, 0.6) is 0 Å². The van der Waals surface area contributed by atoms with Crippen molar-refractivity contribution in [1.29, 1.82) is 0 Å². The third kappa shape index (κ3) is 3.39. The van der Waals surface area contributed by atoms with Crippen LogP contribution in [0.3, 0.4) is 0 Å². The minimum Gasteiger partial charge on any atom is -0.272 e. The zero-order valence-electron chi connectivity index (χ0n) is 12.0. The Kier molecular flexibility index (Phi) is 5.05. The highest BCUT2D eigenvalue weighted by Crippen LogP contribution is 2.42. The lowest BCUT2D eigenvalue weighted by atomic mass is 10.3. The summed E-state index contributed by atoms with van der Waals surface area (Å²) in [5.41, 5.74) is 0.638. The minimum absolute atomic E-state index is 0.0944. The Morgan fingerprint density at radius 2 is 1.67 bits per heavy atom. The number of carbonyl (C=O) groups excluding carboxylic acids is 2. The van der Waals surface area contributed by atoms with Crippen LogP contribution in [0.25, 0.3) is 0 Å². The number of amides is 3. The predicted molar refractivity (Wildman–Crippen MR) is 103 cm³/mol. The summed E-state index contributed by atoms with van der Waals surface area (Å²) in [6.07, 6.45) is 0. The van der Waals surface area contributed by atoms with E-state index >= 15 is 0 Å². The number of benzene rings is 2. The molecule has 1 aliphatic rings. The number of nitrogens with one attached hydrogen (secondary N) is 1. The molecule has 2 aromatic rings. The molecule has 122 valence electrons. The number of hydrogen-bond acceptors (Lipinski definition) is 3. The molecule has 3 rings (SSSR count). The van der Waals surface area contributed by atoms with Crippen LogP contribution in [-0.2, 0) is 4.79 Å². The fraction of sp³-hybridized carbons (Fsp3) is 0. The molecule has 0 aromatic heterocycles. The highest BCUT2D eigenvalue weighted by molar-refractivity contribution is 9.11. The van der Waals surface area contributed by atoms with Crippen molar-refractivity contribution in [3.05, 3.63) is 62.6 Å². The summed E-state index contributed by atoms with van der Waals surface area (Å²) in [4.78, 5) is 26.7. The standard InChI is InChI=1S/C16H9Br2ClN2O2S/c1-8-15(22)20-16(23)21(8)10-6-12(17)14(13(18)7-10)24-11-4-2-9(19)3-5-11/h2-7H,1H2,(H,20,22,23). The van der Waals surface area contributed by atoms with Gasteiger partial charge in [-0.3, -0.25) is 15.0 Å². The van der Waals surface area contributed by atoms with Crippen molar-refractivity contribution in [2.45, 2.75) is 9.79 Å². The summed E-state index contributed by atoms with van der Waals surface area (Å²) < 4.78 is 1.57. The zero-order chi connectivity index (χ0) is 17.4. The summed E-state index contributed by atoms with van der Waals surface area (Å²) in [5.74, 6) is -0.494. The Balaban J connectivity index is 1.94. The molecule has 2 aromatic carbocycles. The van der Waals surface area contributed by atoms with Gasteiger partial charge in [-0.25, -0.2) is 4.79 Å². The number of imide groups is 1. The summed E-state index contributed by atoms with van der Waals surface area (Å²) in [7, 11) is 0. The number of rotatable bonds is 3. The molecule has 1 aliphatic heterocycles. The molecule has 0 aliphatic carbocycles. The summed E-state index contributed by atoms with van der Waals surface area (Å²) >= 11 is 14.5. The van der Waals surface area contributed by atoms with Crippen LogP contribution in [0.2, 0.25) is 5.02 Å². The maximum absolute atomic E-state index is 11.9. The Morgan fingerprint density at radius 1 is 1.08 bits per heavy atom. The highest BCUT2D eigenvalue weighted by atomic mass is 79.9. The van der Waals surface area contributed by atoms with Gasteiger partial charge in [-0.05, 0) is 68.3 Å². The number of halogens is 3. The number of hydrogen-bond donors (Lipinski definition) is 1. The molecule has 0 saturated carbocycles. The van der Waals surface area contributed by atoms with Crippen LogP contribution in [0.4, 0.5) is 10.5 Å². The van der Waals surface area contributed by atoms with Crippen molar-refractivity contribution in [2.75, 3.05) is 4.90 Å². The number of nitrogens with zero attached hydrogens (tertiary/aromatic N) is 1. The van der Waals surface area contributed by atoms with Gasteiger partial charge in [-0.1, -0.05) is 29.9 Å². The maximum Gasteiger partial charge on any atom is 0.333 e. The first-order valence-electron chi connectivity index (χ1n) is 6.63. The molecular weight excluding hydrogens is 480 g/mol. The summed E-state index contributed by atoms with van der Waals surface area (Å²) in [5, 5.41) is 2.89. The monoisotopic (exact) mass is 486 g/mol. The van der Waals surface area contributed by atoms with Crippen LogP contribution < -0.4 is 10.2 Å². The highest BCUT2D eigenvalue weighted by Gasteiger charge is 2.33. The molecule has 1 heterocycles. The average Bonchev–Trinajstić information content (AvgIpc) is 2.77. The molecule has 0 unspecified atom stereocenters. The van der Waals surface area contributed by atoms with Crippen LogP contribution >= 0.6 is 55.2 Å². The Morgan fingerprint density at radius 3 is 2.17 bits per heavy atom. The first kappa shape index (κ1) is 17.5. The molecular formula is C16H9Br2ClN2O2S. The van der Waals surface area contributed by atoms with Gasteiger partial charge in [-0.15, -0.1) is 0 Å². The summed E-state index contributed by atoms with van der Waals surface area (Å²) in [6.45, 7) is 3.65. The SMILES string of the molecule is C=C1C(=O)NC(=O)N1c1cc(Br)c(Sc2ccc(Cl)cc2)c(Br)c1. The van der Waals surface area contributed by atoms with Gasteiger partial charge in [0, 0.05) is 23.8 Å². The molecule has 24 heavy (non-hydrogen) atoms. The predicted octanol–water partition coefficient (Wildman–Crippen LogP) is 5.59. The minimum atomic E-state index is -0.512. The van der Waals surface area contributed by atoms with Crippen molar-refractivity contribution in [1.82, 2.24) is 5.32 Å². The first-order chi connectivity index (χ1) is 11.4. The lowest BCUT2D eigenvalue weighted by Crippen LogP contribution is -2.27. The van der Waals surface area contributed by atoms with E-state index in [1.54, 1.807) is 23.9 Å². The van der Waals surface area contributed by atoms with E-state index in [4.69, 9.17) is 11.6 Å². The van der Waals surface area contributed by atoms with Gasteiger partial charge in [-0.2, -0.15) is 0 Å². The van der Waals surface area contributed by atoms with E-state index < -0.39 is 11.9 Å². The quantitative estimate of drug-likeness (QED) is 0.453. The van der Waals surface area contributed by atoms with Crippen LogP contribution in [0, 0.1) is 0 Å². The molecule has 1 fully saturated rings. The number of carbonyl (C=O) groups is 2. The zero-order valence-corrected chi connectivity index (χ0v) is 16.7. The van der Waals surface area contributed by atoms with Crippen molar-refractivity contribution < 1.29 is 9.59 Å². The Labute approximate surface area is 164 Å². The fourth-order valence-corrected chi connectivity index (χ4v) is 4.71. The second-order valence-corrected chi connectivity index (χ2v) is 8.06. The van der Waals surface area contributed by atoms with E-state index in [2.05, 4.69) is 43.8 Å². The van der Waals surface area contributed by atoms with Crippen LogP contribution in [-0.4, -0.2) is 11.9 Å². The normalized spacial score (nSPS) is 14.3. The van der Waals surface area contributed by atoms with Crippen LogP contribution in [0.15, 0.2) is 67.4 Å². The second kappa shape index (κ2) is 6.92. The second-order valence-electron chi connectivity index (χ2n) is 4.84. The molecule has 3 amide bonds. The molecule has 1 saturated heterocycles. The average molecular weight is 489 g/mol. The van der Waals surface area contributed by atoms with Crippen molar-refractivity contribution in [3.8, 4) is 0 Å². The van der Waals surface area contributed by atoms with Crippen molar-refractivity contribution in [2.24, 2.45) is 0 Å². The number of urea groups is 1. The molecule has 0 spiro atoms. The van der Waals surface area contributed by atoms with Gasteiger partial charge < -0.3 is 0 Å². The molecule has 0 radical (unpaired) electrons. The fourth-order valence-electron chi connectivity index (χ4n) is 2.12. The lowest BCUT2D eigenvalue weighted by Gasteiger charge is -2.17. The smallest absolute Gasteiger partial charge is 0.272 e. The first-order valence-corrected chi connectivity index (χ1v) is 9.41. The van der Waals surface area contributed by atoms with E-state index in [1.165, 1.54) is 4.90 Å². The van der Waals surface area contributed by atoms with Gasteiger partial charge in [0.05, 0.1) is 5.69 Å². The van der Waals surface area contributed by atoms with E-state index in [-0.39, 0.29) is 5.70 Å². The van der Waals surface area contributed by atoms with Gasteiger partial charge in [0.2, 0.25) is 0 Å². The van der Waals surface area contributed by atoms with E-state index in [9.17, 15) is 9.59 Å². The Hall–Kier alpha value is -1.28. The largest absolute Gasteiger partial charge is 0.333 e. The molecule has 4 nitrogen and oxygen atoms in total. The van der Waals surface area contributed by atoms with Gasteiger partial charge >= 0.3 is 6.03 Å². The Bertz CT molecular complexity index is 848. The lowest BCUT2D eigenvalue weighted by molar-refractivity contribution is -0.115. The topological polar surface area (TPSA) is 49.4 Å². The number of anilines is 1. The van der Waals surface area contributed by atoms with Gasteiger partial charge in [0.1, 0.15) is 5.70 Å². The van der Waals surface area contributed by atoms with Crippen molar-refractivity contribution >= 4 is 72.8 Å². The molecule has 1 N–H and O–H groups in total. The maximum atomic E-state index is 11.9. The van der Waals surface area contributed by atoms with Crippen molar-refractivity contribution in [3.63, 3.8) is 0 Å². The van der Waals surface area contributed by atoms with Gasteiger partial charge in [0.25, 0.3) is 5.91 Å². The molecule has 0 atom stereocenters.